The molecule has 1 heterocycles. The van der Waals surface area contributed by atoms with Crippen molar-refractivity contribution in [2.45, 2.75) is 0 Å². The Morgan fingerprint density at radius 2 is 1.72 bits per heavy atom. The van der Waals surface area contributed by atoms with Gasteiger partial charge in [0.05, 0.1) is 18.4 Å². The molecule has 0 radical (unpaired) electrons. The first-order valence-corrected chi connectivity index (χ1v) is 9.13. The van der Waals surface area contributed by atoms with Gasteiger partial charge in [-0.1, -0.05) is 30.3 Å². The highest BCUT2D eigenvalue weighted by Gasteiger charge is 2.25. The van der Waals surface area contributed by atoms with Crippen LogP contribution in [0.1, 0.15) is 15.9 Å². The third-order valence-electron chi connectivity index (χ3n) is 4.78. The number of carbonyl (C=O) groups excluding carboxylic acids is 2. The summed E-state index contributed by atoms with van der Waals surface area (Å²) in [5.74, 6) is -1.26. The standard InChI is InChI=1S/C22H20FN3O3/c1-29-22(28)18-7-3-2-6-16(18)14-17(15-24)21(27)26-12-10-25(11-13-26)20-9-5-4-8-19(20)23/h2-9,14H,10-13H2,1H3/b17-14+. The average molecular weight is 393 g/mol. The maximum atomic E-state index is 14.0. The minimum atomic E-state index is -0.542. The van der Waals surface area contributed by atoms with Crippen LogP contribution in [0, 0.1) is 17.1 Å². The minimum Gasteiger partial charge on any atom is -0.465 e. The van der Waals surface area contributed by atoms with Gasteiger partial charge in [-0.3, -0.25) is 4.79 Å². The molecule has 6 nitrogen and oxygen atoms in total. The topological polar surface area (TPSA) is 73.6 Å². The van der Waals surface area contributed by atoms with Crippen LogP contribution in [0.4, 0.5) is 10.1 Å². The van der Waals surface area contributed by atoms with E-state index in [4.69, 9.17) is 4.74 Å². The predicted octanol–water partition coefficient (Wildman–Crippen LogP) is 2.87. The molecule has 0 saturated carbocycles. The molecule has 1 amide bonds. The molecule has 1 aliphatic rings. The third kappa shape index (κ3) is 4.43. The quantitative estimate of drug-likeness (QED) is 0.454. The van der Waals surface area contributed by atoms with E-state index < -0.39 is 11.9 Å². The van der Waals surface area contributed by atoms with Crippen LogP contribution in [0.2, 0.25) is 0 Å². The molecular formula is C22H20FN3O3. The van der Waals surface area contributed by atoms with E-state index in [2.05, 4.69) is 0 Å². The van der Waals surface area contributed by atoms with Crippen molar-refractivity contribution in [1.82, 2.24) is 4.90 Å². The van der Waals surface area contributed by atoms with Crippen molar-refractivity contribution < 1.29 is 18.7 Å². The molecule has 1 fully saturated rings. The van der Waals surface area contributed by atoms with Gasteiger partial charge in [0.1, 0.15) is 17.5 Å². The van der Waals surface area contributed by atoms with Gasteiger partial charge in [-0.15, -0.1) is 0 Å². The van der Waals surface area contributed by atoms with E-state index in [0.29, 0.717) is 37.4 Å². The molecule has 0 atom stereocenters. The van der Waals surface area contributed by atoms with Crippen molar-refractivity contribution in [3.05, 3.63) is 71.0 Å². The van der Waals surface area contributed by atoms with Gasteiger partial charge in [0.15, 0.2) is 0 Å². The molecule has 1 saturated heterocycles. The zero-order valence-corrected chi connectivity index (χ0v) is 16.0. The zero-order chi connectivity index (χ0) is 20.8. The van der Waals surface area contributed by atoms with Crippen LogP contribution in [-0.4, -0.2) is 50.1 Å². The summed E-state index contributed by atoms with van der Waals surface area (Å²) in [7, 11) is 1.27. The lowest BCUT2D eigenvalue weighted by molar-refractivity contribution is -0.126. The Labute approximate surface area is 168 Å². The highest BCUT2D eigenvalue weighted by Crippen LogP contribution is 2.21. The summed E-state index contributed by atoms with van der Waals surface area (Å²) in [6, 6.07) is 15.1. The fraction of sp³-hybridized carbons (Fsp3) is 0.227. The summed E-state index contributed by atoms with van der Waals surface area (Å²) in [5.41, 5.74) is 1.15. The molecule has 0 spiro atoms. The molecule has 0 aliphatic carbocycles. The summed E-state index contributed by atoms with van der Waals surface area (Å²) >= 11 is 0. The second-order valence-corrected chi connectivity index (χ2v) is 6.48. The van der Waals surface area contributed by atoms with Crippen LogP contribution < -0.4 is 4.90 Å². The molecule has 2 aromatic rings. The van der Waals surface area contributed by atoms with Crippen LogP contribution in [0.15, 0.2) is 54.1 Å². The Balaban J connectivity index is 1.75. The molecule has 2 aromatic carbocycles. The maximum Gasteiger partial charge on any atom is 0.338 e. The number of para-hydroxylation sites is 1. The van der Waals surface area contributed by atoms with Gasteiger partial charge >= 0.3 is 5.97 Å². The highest BCUT2D eigenvalue weighted by molar-refractivity contribution is 6.03. The van der Waals surface area contributed by atoms with Gasteiger partial charge < -0.3 is 14.5 Å². The molecule has 3 rings (SSSR count). The zero-order valence-electron chi connectivity index (χ0n) is 16.0. The van der Waals surface area contributed by atoms with Crippen LogP contribution in [0.5, 0.6) is 0 Å². The van der Waals surface area contributed by atoms with E-state index in [1.165, 1.54) is 19.3 Å². The van der Waals surface area contributed by atoms with E-state index in [-0.39, 0.29) is 17.0 Å². The van der Waals surface area contributed by atoms with Gasteiger partial charge in [-0.05, 0) is 29.8 Å². The van der Waals surface area contributed by atoms with Crippen molar-refractivity contribution in [2.75, 3.05) is 38.2 Å². The van der Waals surface area contributed by atoms with Gasteiger partial charge in [-0.25, -0.2) is 9.18 Å². The number of piperazine rings is 1. The molecule has 7 heteroatoms. The van der Waals surface area contributed by atoms with E-state index in [0.717, 1.165) is 0 Å². The predicted molar refractivity (Wildman–Crippen MR) is 107 cm³/mol. The number of nitriles is 1. The number of halogens is 1. The molecule has 0 unspecified atom stereocenters. The van der Waals surface area contributed by atoms with Crippen molar-refractivity contribution in [3.63, 3.8) is 0 Å². The van der Waals surface area contributed by atoms with Gasteiger partial charge in [0, 0.05) is 26.2 Å². The highest BCUT2D eigenvalue weighted by atomic mass is 19.1. The number of esters is 1. The Kier molecular flexibility index (Phi) is 6.25. The fourth-order valence-electron chi connectivity index (χ4n) is 3.25. The molecule has 0 aromatic heterocycles. The third-order valence-corrected chi connectivity index (χ3v) is 4.78. The second-order valence-electron chi connectivity index (χ2n) is 6.48. The van der Waals surface area contributed by atoms with Crippen molar-refractivity contribution in [3.8, 4) is 6.07 Å². The van der Waals surface area contributed by atoms with E-state index in [1.807, 2.05) is 11.0 Å². The van der Waals surface area contributed by atoms with Gasteiger partial charge in [-0.2, -0.15) is 5.26 Å². The summed E-state index contributed by atoms with van der Waals surface area (Å²) < 4.78 is 18.7. The van der Waals surface area contributed by atoms with E-state index in [9.17, 15) is 19.2 Å². The molecule has 0 N–H and O–H groups in total. The number of hydrogen-bond acceptors (Lipinski definition) is 5. The fourth-order valence-corrected chi connectivity index (χ4v) is 3.25. The van der Waals surface area contributed by atoms with Crippen LogP contribution in [-0.2, 0) is 9.53 Å². The summed E-state index contributed by atoms with van der Waals surface area (Å²) in [5, 5.41) is 9.50. The molecular weight excluding hydrogens is 373 g/mol. The van der Waals surface area contributed by atoms with Crippen molar-refractivity contribution in [1.29, 1.82) is 5.26 Å². The minimum absolute atomic E-state index is 0.0688. The molecule has 0 bridgehead atoms. The number of benzene rings is 2. The van der Waals surface area contributed by atoms with Gasteiger partial charge in [0.25, 0.3) is 5.91 Å². The molecule has 148 valence electrons. The molecule has 1 aliphatic heterocycles. The Morgan fingerprint density at radius 1 is 1.07 bits per heavy atom. The lowest BCUT2D eigenvalue weighted by Crippen LogP contribution is -2.49. The lowest BCUT2D eigenvalue weighted by Gasteiger charge is -2.36. The number of rotatable bonds is 4. The van der Waals surface area contributed by atoms with Crippen LogP contribution in [0.25, 0.3) is 6.08 Å². The largest absolute Gasteiger partial charge is 0.465 e. The van der Waals surface area contributed by atoms with Crippen molar-refractivity contribution >= 4 is 23.6 Å². The average Bonchev–Trinajstić information content (AvgIpc) is 2.77. The Bertz CT molecular complexity index is 989. The van der Waals surface area contributed by atoms with Crippen LogP contribution >= 0.6 is 0 Å². The molecule has 29 heavy (non-hydrogen) atoms. The summed E-state index contributed by atoms with van der Waals surface area (Å²) in [6.45, 7) is 1.66. The first kappa shape index (κ1) is 20.1. The Hall–Kier alpha value is -3.66. The first-order chi connectivity index (χ1) is 14.0. The smallest absolute Gasteiger partial charge is 0.338 e. The number of hydrogen-bond donors (Lipinski definition) is 0. The SMILES string of the molecule is COC(=O)c1ccccc1/C=C(\C#N)C(=O)N1CCN(c2ccccc2F)CC1. The second kappa shape index (κ2) is 9.02. The number of nitrogens with zero attached hydrogens (tertiary/aromatic N) is 3. The number of ether oxygens (including phenoxy) is 1. The number of amides is 1. The van der Waals surface area contributed by atoms with E-state index in [1.54, 1.807) is 47.4 Å². The van der Waals surface area contributed by atoms with E-state index >= 15 is 0 Å². The Morgan fingerprint density at radius 3 is 2.38 bits per heavy atom. The maximum absolute atomic E-state index is 14.0. The monoisotopic (exact) mass is 393 g/mol. The number of anilines is 1. The normalized spacial score (nSPS) is 14.3. The van der Waals surface area contributed by atoms with Gasteiger partial charge in [0.2, 0.25) is 0 Å². The lowest BCUT2D eigenvalue weighted by atomic mass is 10.0. The van der Waals surface area contributed by atoms with Crippen LogP contribution in [0.3, 0.4) is 0 Å². The first-order valence-electron chi connectivity index (χ1n) is 9.13. The number of methoxy groups -OCH3 is 1. The summed E-state index contributed by atoms with van der Waals surface area (Å²) in [6.07, 6.45) is 1.40. The summed E-state index contributed by atoms with van der Waals surface area (Å²) in [4.78, 5) is 28.2. The van der Waals surface area contributed by atoms with Crippen molar-refractivity contribution in [2.24, 2.45) is 0 Å². The number of carbonyl (C=O) groups is 2.